The molecule has 0 saturated heterocycles. The molecule has 0 amide bonds. The van der Waals surface area contributed by atoms with E-state index in [4.69, 9.17) is 5.11 Å². The molecule has 0 saturated carbocycles. The first-order valence-electron chi connectivity index (χ1n) is 4.65. The Hall–Kier alpha value is -2.05. The molecule has 0 aliphatic carbocycles. The monoisotopic (exact) mass is 243 g/mol. The number of alkyl halides is 3. The summed E-state index contributed by atoms with van der Waals surface area (Å²) in [7, 11) is 1.18. The second-order valence-electron chi connectivity index (χ2n) is 3.43. The van der Waals surface area contributed by atoms with Gasteiger partial charge in [-0.05, 0) is 24.3 Å². The zero-order chi connectivity index (χ0) is 12.6. The van der Waals surface area contributed by atoms with Crippen molar-refractivity contribution in [2.75, 3.05) is 0 Å². The van der Waals surface area contributed by atoms with Crippen molar-refractivity contribution in [2.45, 2.75) is 6.18 Å². The van der Waals surface area contributed by atoms with Crippen molar-refractivity contribution in [3.63, 3.8) is 0 Å². The predicted octanol–water partition coefficient (Wildman–Crippen LogP) is 2.21. The van der Waals surface area contributed by atoms with Crippen LogP contribution in [-0.2, 0) is 13.2 Å². The highest BCUT2D eigenvalue weighted by molar-refractivity contribution is 5.55. The van der Waals surface area contributed by atoms with E-state index in [1.807, 2.05) is 0 Å². The molecule has 1 N–H and O–H groups in total. The van der Waals surface area contributed by atoms with Gasteiger partial charge in [-0.1, -0.05) is 0 Å². The molecule has 0 spiro atoms. The Morgan fingerprint density at radius 2 is 1.76 bits per heavy atom. The average Bonchev–Trinajstić information content (AvgIpc) is 2.61. The summed E-state index contributed by atoms with van der Waals surface area (Å²) in [5.74, 6) is -1.05. The lowest BCUT2D eigenvalue weighted by atomic mass is 10.2. The number of phenolic OH excluding ortho intramolecular Hbond substituents is 1. The molecule has 1 aromatic heterocycles. The molecule has 0 unspecified atom stereocenters. The molecule has 1 heterocycles. The summed E-state index contributed by atoms with van der Waals surface area (Å²) in [6, 6.07) is 5.62. The van der Waals surface area contributed by atoms with Gasteiger partial charge in [0, 0.05) is 12.6 Å². The quantitative estimate of drug-likeness (QED) is 0.835. The van der Waals surface area contributed by atoms with E-state index in [-0.39, 0.29) is 11.6 Å². The Labute approximate surface area is 94.3 Å². The molecular weight excluding hydrogens is 235 g/mol. The number of phenols is 1. The molecule has 0 bridgehead atoms. The van der Waals surface area contributed by atoms with Gasteiger partial charge >= 0.3 is 6.18 Å². The molecular formula is C10H8F3N3O. The third-order valence-electron chi connectivity index (χ3n) is 2.14. The van der Waals surface area contributed by atoms with Crippen LogP contribution in [0.15, 0.2) is 24.3 Å². The van der Waals surface area contributed by atoms with Gasteiger partial charge < -0.3 is 5.11 Å². The maximum absolute atomic E-state index is 12.5. The number of aromatic nitrogens is 3. The van der Waals surface area contributed by atoms with E-state index in [0.717, 1.165) is 0 Å². The fourth-order valence-electron chi connectivity index (χ4n) is 1.36. The Bertz CT molecular complexity index is 531. The summed E-state index contributed by atoms with van der Waals surface area (Å²) >= 11 is 0. The third kappa shape index (κ3) is 2.22. The van der Waals surface area contributed by atoms with Crippen LogP contribution in [0.1, 0.15) is 5.82 Å². The first kappa shape index (κ1) is 11.4. The van der Waals surface area contributed by atoms with Crippen molar-refractivity contribution in [1.82, 2.24) is 14.8 Å². The average molecular weight is 243 g/mol. The van der Waals surface area contributed by atoms with E-state index in [2.05, 4.69) is 10.1 Å². The summed E-state index contributed by atoms with van der Waals surface area (Å²) in [6.07, 6.45) is -4.53. The zero-order valence-electron chi connectivity index (χ0n) is 8.73. The van der Waals surface area contributed by atoms with Crippen LogP contribution in [0.25, 0.3) is 11.4 Å². The highest BCUT2D eigenvalue weighted by Gasteiger charge is 2.37. The molecule has 1 aromatic carbocycles. The van der Waals surface area contributed by atoms with Crippen LogP contribution in [0.5, 0.6) is 5.75 Å². The van der Waals surface area contributed by atoms with E-state index in [1.165, 1.54) is 31.3 Å². The Balaban J connectivity index is 2.45. The van der Waals surface area contributed by atoms with Crippen LogP contribution in [0.2, 0.25) is 0 Å². The molecule has 0 aliphatic rings. The van der Waals surface area contributed by atoms with E-state index >= 15 is 0 Å². The summed E-state index contributed by atoms with van der Waals surface area (Å²) < 4.78 is 38.1. The van der Waals surface area contributed by atoms with Crippen molar-refractivity contribution in [3.8, 4) is 17.1 Å². The topological polar surface area (TPSA) is 50.9 Å². The minimum atomic E-state index is -4.53. The van der Waals surface area contributed by atoms with Crippen LogP contribution in [0, 0.1) is 0 Å². The van der Waals surface area contributed by atoms with Gasteiger partial charge in [-0.3, -0.25) is 0 Å². The fourth-order valence-corrected chi connectivity index (χ4v) is 1.36. The number of hydrogen-bond acceptors (Lipinski definition) is 3. The van der Waals surface area contributed by atoms with Crippen molar-refractivity contribution >= 4 is 0 Å². The number of benzene rings is 1. The summed E-state index contributed by atoms with van der Waals surface area (Å²) in [4.78, 5) is 3.43. The van der Waals surface area contributed by atoms with Gasteiger partial charge in [0.15, 0.2) is 5.82 Å². The number of rotatable bonds is 1. The standard InChI is InChI=1S/C10H8F3N3O/c1-16-9(10(11,12)13)14-8(15-16)6-2-4-7(17)5-3-6/h2-5,17H,1H3. The second kappa shape index (κ2) is 3.76. The van der Waals surface area contributed by atoms with Crippen molar-refractivity contribution in [3.05, 3.63) is 30.1 Å². The van der Waals surface area contributed by atoms with Gasteiger partial charge in [-0.15, -0.1) is 0 Å². The minimum Gasteiger partial charge on any atom is -0.508 e. The molecule has 2 rings (SSSR count). The van der Waals surface area contributed by atoms with E-state index < -0.39 is 12.0 Å². The maximum Gasteiger partial charge on any atom is 0.451 e. The van der Waals surface area contributed by atoms with Crippen molar-refractivity contribution < 1.29 is 18.3 Å². The van der Waals surface area contributed by atoms with E-state index in [1.54, 1.807) is 0 Å². The van der Waals surface area contributed by atoms with Gasteiger partial charge in [0.25, 0.3) is 0 Å². The Kier molecular flexibility index (Phi) is 2.53. The SMILES string of the molecule is Cn1nc(-c2ccc(O)cc2)nc1C(F)(F)F. The number of aryl methyl sites for hydroxylation is 1. The number of aromatic hydroxyl groups is 1. The number of hydrogen-bond donors (Lipinski definition) is 1. The fraction of sp³-hybridized carbons (Fsp3) is 0.200. The van der Waals surface area contributed by atoms with Crippen molar-refractivity contribution in [2.24, 2.45) is 7.05 Å². The normalized spacial score (nSPS) is 11.8. The first-order valence-corrected chi connectivity index (χ1v) is 4.65. The molecule has 0 fully saturated rings. The smallest absolute Gasteiger partial charge is 0.451 e. The second-order valence-corrected chi connectivity index (χ2v) is 3.43. The summed E-state index contributed by atoms with van der Waals surface area (Å²) in [6.45, 7) is 0. The molecule has 4 nitrogen and oxygen atoms in total. The van der Waals surface area contributed by atoms with E-state index in [0.29, 0.717) is 10.2 Å². The zero-order valence-corrected chi connectivity index (χ0v) is 8.73. The maximum atomic E-state index is 12.5. The largest absolute Gasteiger partial charge is 0.508 e. The molecule has 7 heteroatoms. The van der Waals surface area contributed by atoms with Gasteiger partial charge in [-0.2, -0.15) is 18.3 Å². The van der Waals surface area contributed by atoms with Gasteiger partial charge in [0.1, 0.15) is 5.75 Å². The van der Waals surface area contributed by atoms with Crippen LogP contribution >= 0.6 is 0 Å². The minimum absolute atomic E-state index is 0.0279. The molecule has 0 atom stereocenters. The van der Waals surface area contributed by atoms with Gasteiger partial charge in [0.2, 0.25) is 5.82 Å². The van der Waals surface area contributed by atoms with Gasteiger partial charge in [0.05, 0.1) is 0 Å². The van der Waals surface area contributed by atoms with E-state index in [9.17, 15) is 13.2 Å². The molecule has 0 radical (unpaired) electrons. The van der Waals surface area contributed by atoms with Crippen molar-refractivity contribution in [1.29, 1.82) is 0 Å². The lowest BCUT2D eigenvalue weighted by molar-refractivity contribution is -0.147. The highest BCUT2D eigenvalue weighted by Crippen LogP contribution is 2.29. The van der Waals surface area contributed by atoms with Crippen LogP contribution in [-0.4, -0.2) is 19.9 Å². The lowest BCUT2D eigenvalue weighted by Crippen LogP contribution is -2.13. The summed E-state index contributed by atoms with van der Waals surface area (Å²) in [5, 5.41) is 12.7. The Morgan fingerprint density at radius 3 is 2.24 bits per heavy atom. The first-order chi connectivity index (χ1) is 7.88. The summed E-state index contributed by atoms with van der Waals surface area (Å²) in [5.41, 5.74) is 0.411. The molecule has 90 valence electrons. The number of halogens is 3. The Morgan fingerprint density at radius 1 is 1.18 bits per heavy atom. The third-order valence-corrected chi connectivity index (χ3v) is 2.14. The lowest BCUT2D eigenvalue weighted by Gasteiger charge is -2.02. The highest BCUT2D eigenvalue weighted by atomic mass is 19.4. The predicted molar refractivity (Wildman–Crippen MR) is 53.1 cm³/mol. The van der Waals surface area contributed by atoms with Crippen LogP contribution < -0.4 is 0 Å². The van der Waals surface area contributed by atoms with Crippen LogP contribution in [0.4, 0.5) is 13.2 Å². The number of nitrogens with zero attached hydrogens (tertiary/aromatic N) is 3. The van der Waals surface area contributed by atoms with Crippen LogP contribution in [0.3, 0.4) is 0 Å². The van der Waals surface area contributed by atoms with Gasteiger partial charge in [-0.25, -0.2) is 9.67 Å². The molecule has 0 aliphatic heterocycles. The molecule has 2 aromatic rings. The molecule has 17 heavy (non-hydrogen) atoms.